The Kier molecular flexibility index (Phi) is 3.69. The molecule has 4 aliphatic heterocycles. The Balaban J connectivity index is 1.57. The number of methoxy groups -OCH3 is 1. The second kappa shape index (κ2) is 6.17. The number of imide groups is 1. The van der Waals surface area contributed by atoms with Crippen molar-refractivity contribution >= 4 is 29.1 Å². The van der Waals surface area contributed by atoms with Crippen molar-refractivity contribution in [1.29, 1.82) is 0 Å². The molecule has 7 nitrogen and oxygen atoms in total. The number of amides is 3. The number of hydrogen-bond donors (Lipinski definition) is 1. The number of carbonyl (C=O) groups is 3. The molecule has 158 valence electrons. The average Bonchev–Trinajstić information content (AvgIpc) is 3.47. The highest BCUT2D eigenvalue weighted by atomic mass is 16.5. The number of benzene rings is 2. The Morgan fingerprint density at radius 3 is 2.71 bits per heavy atom. The van der Waals surface area contributed by atoms with E-state index < -0.39 is 17.4 Å². The van der Waals surface area contributed by atoms with E-state index in [2.05, 4.69) is 10.2 Å². The van der Waals surface area contributed by atoms with E-state index in [1.54, 1.807) is 24.3 Å². The molecule has 1 N–H and O–H groups in total. The Hall–Kier alpha value is -3.19. The molecular formula is C24H23N3O4. The molecule has 7 heteroatoms. The minimum absolute atomic E-state index is 0.127. The highest BCUT2D eigenvalue weighted by Crippen LogP contribution is 2.61. The number of carbonyl (C=O) groups excluding carboxylic acids is 3. The van der Waals surface area contributed by atoms with Crippen molar-refractivity contribution in [2.24, 2.45) is 11.8 Å². The number of para-hydroxylation sites is 2. The van der Waals surface area contributed by atoms with Crippen LogP contribution in [0.15, 0.2) is 42.5 Å². The number of nitrogens with one attached hydrogen (secondary N) is 1. The second-order valence-electron chi connectivity index (χ2n) is 8.86. The van der Waals surface area contributed by atoms with Gasteiger partial charge in [-0.05, 0) is 44.5 Å². The number of hydrogen-bond acceptors (Lipinski definition) is 5. The van der Waals surface area contributed by atoms with Gasteiger partial charge < -0.3 is 10.1 Å². The fourth-order valence-electron chi connectivity index (χ4n) is 6.37. The van der Waals surface area contributed by atoms with Crippen LogP contribution in [-0.2, 0) is 19.9 Å². The van der Waals surface area contributed by atoms with Crippen molar-refractivity contribution in [2.45, 2.75) is 31.3 Å². The zero-order valence-corrected chi connectivity index (χ0v) is 17.4. The first-order valence-corrected chi connectivity index (χ1v) is 10.7. The zero-order valence-electron chi connectivity index (χ0n) is 17.4. The maximum Gasteiger partial charge on any atom is 0.250 e. The molecule has 4 aliphatic rings. The summed E-state index contributed by atoms with van der Waals surface area (Å²) in [5, 5.41) is 3.01. The Morgan fingerprint density at radius 1 is 1.10 bits per heavy atom. The summed E-state index contributed by atoms with van der Waals surface area (Å²) in [5.74, 6) is -1.58. The first-order valence-electron chi connectivity index (χ1n) is 10.7. The monoisotopic (exact) mass is 417 g/mol. The van der Waals surface area contributed by atoms with Crippen molar-refractivity contribution < 1.29 is 19.1 Å². The van der Waals surface area contributed by atoms with Gasteiger partial charge in [-0.3, -0.25) is 19.3 Å². The Bertz CT molecular complexity index is 1160. The molecule has 0 bridgehead atoms. The van der Waals surface area contributed by atoms with Crippen LogP contribution in [0.25, 0.3) is 0 Å². The van der Waals surface area contributed by atoms with Gasteiger partial charge in [0.1, 0.15) is 11.3 Å². The third-order valence-corrected chi connectivity index (χ3v) is 7.47. The topological polar surface area (TPSA) is 78.9 Å². The lowest BCUT2D eigenvalue weighted by molar-refractivity contribution is -0.135. The molecular weight excluding hydrogens is 394 g/mol. The summed E-state index contributed by atoms with van der Waals surface area (Å²) in [5.41, 5.74) is 1.87. The van der Waals surface area contributed by atoms with Crippen molar-refractivity contribution in [3.63, 3.8) is 0 Å². The van der Waals surface area contributed by atoms with E-state index in [9.17, 15) is 14.4 Å². The predicted molar refractivity (Wildman–Crippen MR) is 114 cm³/mol. The van der Waals surface area contributed by atoms with Crippen LogP contribution in [0.2, 0.25) is 0 Å². The normalized spacial score (nSPS) is 31.2. The quantitative estimate of drug-likeness (QED) is 0.760. The van der Waals surface area contributed by atoms with E-state index in [4.69, 9.17) is 4.74 Å². The molecule has 0 radical (unpaired) electrons. The number of rotatable bonds is 2. The van der Waals surface area contributed by atoms with Gasteiger partial charge in [-0.25, -0.2) is 4.90 Å². The highest BCUT2D eigenvalue weighted by Gasteiger charge is 2.74. The summed E-state index contributed by atoms with van der Waals surface area (Å²) in [4.78, 5) is 44.7. The molecule has 31 heavy (non-hydrogen) atoms. The van der Waals surface area contributed by atoms with E-state index in [-0.39, 0.29) is 23.8 Å². The van der Waals surface area contributed by atoms with E-state index in [1.165, 1.54) is 12.0 Å². The SMILES string of the molecule is COc1ccccc1N1C(=O)[C@H]2[C@@H](C1=O)[C@@]1(C(=O)Nc3ccc(C)cc31)N1CCC[C@@H]21. The number of ether oxygens (including phenoxy) is 1. The highest BCUT2D eigenvalue weighted by molar-refractivity contribution is 6.26. The molecule has 4 heterocycles. The minimum Gasteiger partial charge on any atom is -0.495 e. The van der Waals surface area contributed by atoms with Gasteiger partial charge in [-0.15, -0.1) is 0 Å². The average molecular weight is 417 g/mol. The number of nitrogens with zero attached hydrogens (tertiary/aromatic N) is 2. The lowest BCUT2D eigenvalue weighted by Gasteiger charge is -2.36. The van der Waals surface area contributed by atoms with Crippen molar-refractivity contribution in [3.8, 4) is 5.75 Å². The van der Waals surface area contributed by atoms with Crippen LogP contribution in [0.4, 0.5) is 11.4 Å². The lowest BCUT2D eigenvalue weighted by Crippen LogP contribution is -2.54. The van der Waals surface area contributed by atoms with Crippen LogP contribution < -0.4 is 15.0 Å². The summed E-state index contributed by atoms with van der Waals surface area (Å²) in [6.07, 6.45) is 1.70. The fourth-order valence-corrected chi connectivity index (χ4v) is 6.37. The first-order chi connectivity index (χ1) is 15.0. The van der Waals surface area contributed by atoms with E-state index in [0.717, 1.165) is 29.7 Å². The van der Waals surface area contributed by atoms with Crippen molar-refractivity contribution in [3.05, 3.63) is 53.6 Å². The summed E-state index contributed by atoms with van der Waals surface area (Å²) in [7, 11) is 1.52. The molecule has 3 saturated heterocycles. The summed E-state index contributed by atoms with van der Waals surface area (Å²) in [6.45, 7) is 2.68. The smallest absolute Gasteiger partial charge is 0.250 e. The molecule has 1 spiro atoms. The van der Waals surface area contributed by atoms with Crippen LogP contribution in [0.5, 0.6) is 5.75 Å². The van der Waals surface area contributed by atoms with Crippen molar-refractivity contribution in [1.82, 2.24) is 4.90 Å². The van der Waals surface area contributed by atoms with E-state index in [0.29, 0.717) is 18.0 Å². The fraction of sp³-hybridized carbons (Fsp3) is 0.375. The molecule has 4 atom stereocenters. The number of aryl methyl sites for hydroxylation is 1. The Morgan fingerprint density at radius 2 is 1.90 bits per heavy atom. The number of anilines is 2. The largest absolute Gasteiger partial charge is 0.495 e. The van der Waals surface area contributed by atoms with Gasteiger partial charge in [0.2, 0.25) is 17.7 Å². The van der Waals surface area contributed by atoms with Gasteiger partial charge >= 0.3 is 0 Å². The summed E-state index contributed by atoms with van der Waals surface area (Å²) >= 11 is 0. The van der Waals surface area contributed by atoms with E-state index in [1.807, 2.05) is 25.1 Å². The summed E-state index contributed by atoms with van der Waals surface area (Å²) < 4.78 is 5.44. The van der Waals surface area contributed by atoms with Gasteiger partial charge in [0.25, 0.3) is 0 Å². The van der Waals surface area contributed by atoms with Crippen molar-refractivity contribution in [2.75, 3.05) is 23.9 Å². The maximum absolute atomic E-state index is 13.9. The molecule has 6 rings (SSSR count). The molecule has 2 aromatic rings. The third kappa shape index (κ3) is 2.09. The molecule has 0 unspecified atom stereocenters. The van der Waals surface area contributed by atoms with Crippen LogP contribution in [0.1, 0.15) is 24.0 Å². The second-order valence-corrected chi connectivity index (χ2v) is 8.86. The van der Waals surface area contributed by atoms with Crippen LogP contribution >= 0.6 is 0 Å². The third-order valence-electron chi connectivity index (χ3n) is 7.47. The van der Waals surface area contributed by atoms with Crippen LogP contribution in [-0.4, -0.2) is 42.3 Å². The molecule has 0 saturated carbocycles. The van der Waals surface area contributed by atoms with Crippen LogP contribution in [0.3, 0.4) is 0 Å². The summed E-state index contributed by atoms with van der Waals surface area (Å²) in [6, 6.07) is 12.8. The van der Waals surface area contributed by atoms with Gasteiger partial charge in [0, 0.05) is 17.3 Å². The number of fused-ring (bicyclic) bond motifs is 7. The Labute approximate surface area is 180 Å². The standard InChI is InChI=1S/C24H23N3O4/c1-13-9-10-15-14(12-13)24(23(30)25-15)20-19(17-7-5-11-26(17)24)21(28)27(22(20)29)16-6-3-4-8-18(16)31-2/h3-4,6,8-10,12,17,19-20H,5,7,11H2,1-2H3,(H,25,30)/t17-,19+,20-,24-/m0/s1. The molecule has 0 aromatic heterocycles. The zero-order chi connectivity index (χ0) is 21.5. The van der Waals surface area contributed by atoms with Gasteiger partial charge in [0.15, 0.2) is 0 Å². The van der Waals surface area contributed by atoms with Crippen LogP contribution in [0, 0.1) is 18.8 Å². The lowest BCUT2D eigenvalue weighted by atomic mass is 9.75. The molecule has 2 aromatic carbocycles. The predicted octanol–water partition coefficient (Wildman–Crippen LogP) is 2.43. The molecule has 3 fully saturated rings. The maximum atomic E-state index is 13.9. The molecule has 0 aliphatic carbocycles. The van der Waals surface area contributed by atoms with Gasteiger partial charge in [-0.2, -0.15) is 0 Å². The van der Waals surface area contributed by atoms with E-state index >= 15 is 0 Å². The first kappa shape index (κ1) is 18.6. The van der Waals surface area contributed by atoms with Gasteiger partial charge in [0.05, 0.1) is 24.6 Å². The molecule has 3 amide bonds. The van der Waals surface area contributed by atoms with Gasteiger partial charge in [-0.1, -0.05) is 29.8 Å². The minimum atomic E-state index is -1.14.